The Labute approximate surface area is 114 Å². The van der Waals surface area contributed by atoms with E-state index in [1.165, 1.54) is 31.2 Å². The third kappa shape index (κ3) is 3.30. The zero-order chi connectivity index (χ0) is 14.7. The molecule has 0 aliphatic rings. The highest BCUT2D eigenvalue weighted by Gasteiger charge is 2.09. The highest BCUT2D eigenvalue weighted by molar-refractivity contribution is 5.30. The molecule has 2 aromatic carbocycles. The van der Waals surface area contributed by atoms with Gasteiger partial charge in [-0.1, -0.05) is 12.1 Å². The van der Waals surface area contributed by atoms with E-state index in [1.54, 1.807) is 0 Å². The van der Waals surface area contributed by atoms with E-state index in [4.69, 9.17) is 4.74 Å². The number of rotatable bonds is 4. The zero-order valence-electron chi connectivity index (χ0n) is 10.7. The predicted octanol–water partition coefficient (Wildman–Crippen LogP) is 3.74. The number of aliphatic hydroxyl groups excluding tert-OH is 1. The maximum Gasteiger partial charge on any atom is 0.165 e. The normalized spacial score (nSPS) is 12.2. The summed E-state index contributed by atoms with van der Waals surface area (Å²) in [4.78, 5) is 0. The van der Waals surface area contributed by atoms with Crippen molar-refractivity contribution >= 4 is 0 Å². The molecule has 0 saturated carbocycles. The number of aliphatic hydroxyl groups is 1. The Morgan fingerprint density at radius 1 is 1.00 bits per heavy atom. The van der Waals surface area contributed by atoms with E-state index in [2.05, 4.69) is 0 Å². The largest absolute Gasteiger partial charge is 0.486 e. The number of ether oxygens (including phenoxy) is 1. The smallest absolute Gasteiger partial charge is 0.165 e. The highest BCUT2D eigenvalue weighted by atomic mass is 19.2. The van der Waals surface area contributed by atoms with Gasteiger partial charge in [0.2, 0.25) is 0 Å². The lowest BCUT2D eigenvalue weighted by Gasteiger charge is -2.10. The summed E-state index contributed by atoms with van der Waals surface area (Å²) in [6.45, 7) is 1.44. The summed E-state index contributed by atoms with van der Waals surface area (Å²) in [5.74, 6) is -2.55. The topological polar surface area (TPSA) is 29.5 Å². The second-order valence-corrected chi connectivity index (χ2v) is 4.40. The van der Waals surface area contributed by atoms with Gasteiger partial charge in [0.1, 0.15) is 6.61 Å². The van der Waals surface area contributed by atoms with E-state index in [1.807, 2.05) is 0 Å². The SMILES string of the molecule is C[C@H](O)c1ccc(OCc2ccc(F)c(F)c2)c(F)c1. The van der Waals surface area contributed by atoms with Gasteiger partial charge in [0.25, 0.3) is 0 Å². The second-order valence-electron chi connectivity index (χ2n) is 4.40. The summed E-state index contributed by atoms with van der Waals surface area (Å²) in [5.41, 5.74) is 0.825. The number of hydrogen-bond donors (Lipinski definition) is 1. The molecule has 0 heterocycles. The first-order valence-electron chi connectivity index (χ1n) is 6.01. The van der Waals surface area contributed by atoms with Crippen LogP contribution in [0, 0.1) is 17.5 Å². The minimum Gasteiger partial charge on any atom is -0.486 e. The predicted molar refractivity (Wildman–Crippen MR) is 67.7 cm³/mol. The number of hydrogen-bond acceptors (Lipinski definition) is 2. The van der Waals surface area contributed by atoms with Gasteiger partial charge >= 0.3 is 0 Å². The van der Waals surface area contributed by atoms with Crippen LogP contribution in [0.3, 0.4) is 0 Å². The third-order valence-corrected chi connectivity index (χ3v) is 2.82. The molecule has 0 bridgehead atoms. The van der Waals surface area contributed by atoms with Crippen LogP contribution < -0.4 is 4.74 Å². The van der Waals surface area contributed by atoms with Gasteiger partial charge in [0.15, 0.2) is 23.2 Å². The number of benzene rings is 2. The second kappa shape index (κ2) is 5.96. The van der Waals surface area contributed by atoms with E-state index in [9.17, 15) is 18.3 Å². The molecule has 0 aromatic heterocycles. The standard InChI is InChI=1S/C15H13F3O2/c1-9(19)11-3-5-15(14(18)7-11)20-8-10-2-4-12(16)13(17)6-10/h2-7,9,19H,8H2,1H3/t9-/m0/s1. The maximum absolute atomic E-state index is 13.7. The molecule has 106 valence electrons. The van der Waals surface area contributed by atoms with Crippen molar-refractivity contribution in [3.8, 4) is 5.75 Å². The van der Waals surface area contributed by atoms with Gasteiger partial charge in [-0.2, -0.15) is 0 Å². The Morgan fingerprint density at radius 3 is 2.35 bits per heavy atom. The number of halogens is 3. The quantitative estimate of drug-likeness (QED) is 0.925. The van der Waals surface area contributed by atoms with E-state index < -0.39 is 23.6 Å². The minimum atomic E-state index is -0.976. The molecule has 0 fully saturated rings. The van der Waals surface area contributed by atoms with Gasteiger partial charge < -0.3 is 9.84 Å². The van der Waals surface area contributed by atoms with Crippen LogP contribution in [0.15, 0.2) is 36.4 Å². The van der Waals surface area contributed by atoms with Crippen molar-refractivity contribution < 1.29 is 23.0 Å². The molecule has 0 radical (unpaired) electrons. The third-order valence-electron chi connectivity index (χ3n) is 2.82. The highest BCUT2D eigenvalue weighted by Crippen LogP contribution is 2.23. The zero-order valence-corrected chi connectivity index (χ0v) is 10.7. The molecule has 2 aromatic rings. The maximum atomic E-state index is 13.7. The molecule has 20 heavy (non-hydrogen) atoms. The van der Waals surface area contributed by atoms with Crippen LogP contribution in [0.25, 0.3) is 0 Å². The molecule has 5 heteroatoms. The molecule has 0 aliphatic carbocycles. The molecule has 0 saturated heterocycles. The fourth-order valence-corrected chi connectivity index (χ4v) is 1.68. The van der Waals surface area contributed by atoms with Crippen molar-refractivity contribution in [3.05, 3.63) is 65.0 Å². The average Bonchev–Trinajstić information content (AvgIpc) is 2.41. The van der Waals surface area contributed by atoms with Crippen LogP contribution in [0.4, 0.5) is 13.2 Å². The Hall–Kier alpha value is -2.01. The van der Waals surface area contributed by atoms with E-state index in [0.29, 0.717) is 11.1 Å². The summed E-state index contributed by atoms with van der Waals surface area (Å²) in [7, 11) is 0. The summed E-state index contributed by atoms with van der Waals surface area (Å²) < 4.78 is 44.6. The Balaban J connectivity index is 2.09. The molecule has 0 aliphatic heterocycles. The van der Waals surface area contributed by atoms with E-state index >= 15 is 0 Å². The molecule has 0 amide bonds. The van der Waals surface area contributed by atoms with Crippen LogP contribution in [0.2, 0.25) is 0 Å². The molecule has 1 N–H and O–H groups in total. The van der Waals surface area contributed by atoms with Crippen molar-refractivity contribution in [3.63, 3.8) is 0 Å². The summed E-state index contributed by atoms with van der Waals surface area (Å²) in [5, 5.41) is 9.32. The molecular weight excluding hydrogens is 269 g/mol. The Morgan fingerprint density at radius 2 is 1.75 bits per heavy atom. The van der Waals surface area contributed by atoms with Crippen molar-refractivity contribution in [2.75, 3.05) is 0 Å². The molecule has 2 nitrogen and oxygen atoms in total. The van der Waals surface area contributed by atoms with Crippen molar-refractivity contribution in [2.45, 2.75) is 19.6 Å². The molecular formula is C15H13F3O2. The van der Waals surface area contributed by atoms with Crippen LogP contribution in [-0.4, -0.2) is 5.11 Å². The monoisotopic (exact) mass is 282 g/mol. The van der Waals surface area contributed by atoms with Crippen LogP contribution in [0.1, 0.15) is 24.2 Å². The minimum absolute atomic E-state index is 0.0147. The summed E-state index contributed by atoms with van der Waals surface area (Å²) in [6.07, 6.45) is -0.773. The van der Waals surface area contributed by atoms with Gasteiger partial charge in [0.05, 0.1) is 6.10 Å². The lowest BCUT2D eigenvalue weighted by Crippen LogP contribution is -2.00. The van der Waals surface area contributed by atoms with Crippen molar-refractivity contribution in [2.24, 2.45) is 0 Å². The van der Waals surface area contributed by atoms with Crippen LogP contribution in [-0.2, 0) is 6.61 Å². The summed E-state index contributed by atoms with van der Waals surface area (Å²) >= 11 is 0. The van der Waals surface area contributed by atoms with Gasteiger partial charge in [-0.15, -0.1) is 0 Å². The first-order valence-corrected chi connectivity index (χ1v) is 6.01. The van der Waals surface area contributed by atoms with E-state index in [0.717, 1.165) is 12.1 Å². The van der Waals surface area contributed by atoms with Crippen molar-refractivity contribution in [1.29, 1.82) is 0 Å². The lowest BCUT2D eigenvalue weighted by atomic mass is 10.1. The molecule has 0 unspecified atom stereocenters. The van der Waals surface area contributed by atoms with E-state index in [-0.39, 0.29) is 12.4 Å². The Kier molecular flexibility index (Phi) is 4.29. The van der Waals surface area contributed by atoms with Gasteiger partial charge in [-0.25, -0.2) is 13.2 Å². The average molecular weight is 282 g/mol. The molecule has 0 spiro atoms. The van der Waals surface area contributed by atoms with Crippen LogP contribution in [0.5, 0.6) is 5.75 Å². The van der Waals surface area contributed by atoms with Crippen molar-refractivity contribution in [1.82, 2.24) is 0 Å². The van der Waals surface area contributed by atoms with Gasteiger partial charge in [-0.05, 0) is 42.3 Å². The summed E-state index contributed by atoms with van der Waals surface area (Å²) in [6, 6.07) is 7.44. The molecule has 1 atom stereocenters. The first kappa shape index (κ1) is 14.4. The lowest BCUT2D eigenvalue weighted by molar-refractivity contribution is 0.198. The van der Waals surface area contributed by atoms with Gasteiger partial charge in [-0.3, -0.25) is 0 Å². The molecule has 2 rings (SSSR count). The Bertz CT molecular complexity index is 612. The fraction of sp³-hybridized carbons (Fsp3) is 0.200. The fourth-order valence-electron chi connectivity index (χ4n) is 1.68. The first-order chi connectivity index (χ1) is 9.47. The van der Waals surface area contributed by atoms with Gasteiger partial charge in [0, 0.05) is 0 Å². The van der Waals surface area contributed by atoms with Crippen LogP contribution >= 0.6 is 0 Å².